The number of benzene rings is 1. The lowest BCUT2D eigenvalue weighted by molar-refractivity contribution is -0.133. The maximum atomic E-state index is 14.1. The van der Waals surface area contributed by atoms with Crippen LogP contribution < -0.4 is 16.2 Å². The first kappa shape index (κ1) is 26.8. The monoisotopic (exact) mass is 534 g/mol. The summed E-state index contributed by atoms with van der Waals surface area (Å²) in [6, 6.07) is 8.05. The highest BCUT2D eigenvalue weighted by Crippen LogP contribution is 2.37. The SMILES string of the molecule is CB(O)N1CC2CN(c3nc4ccccc4n(C4CCN(C5(C(N)=O)CCCCCCC5)CC4)c3=O)CC2C1. The van der Waals surface area contributed by atoms with Crippen LogP contribution in [0, 0.1) is 11.8 Å². The number of rotatable bonds is 5. The lowest BCUT2D eigenvalue weighted by atomic mass is 9.80. The van der Waals surface area contributed by atoms with E-state index in [0.29, 0.717) is 17.7 Å². The molecule has 4 fully saturated rings. The number of nitrogens with zero attached hydrogens (tertiary/aromatic N) is 5. The van der Waals surface area contributed by atoms with Crippen LogP contribution in [0.4, 0.5) is 5.82 Å². The van der Waals surface area contributed by atoms with Gasteiger partial charge in [-0.15, -0.1) is 0 Å². The van der Waals surface area contributed by atoms with Crippen molar-refractivity contribution in [2.45, 2.75) is 76.2 Å². The first-order valence-electron chi connectivity index (χ1n) is 15.1. The summed E-state index contributed by atoms with van der Waals surface area (Å²) in [5, 5.41) is 10.0. The Hall–Kier alpha value is -2.43. The van der Waals surface area contributed by atoms with E-state index in [1.807, 2.05) is 35.7 Å². The fourth-order valence-corrected chi connectivity index (χ4v) is 7.98. The van der Waals surface area contributed by atoms with Crippen molar-refractivity contribution < 1.29 is 9.82 Å². The summed E-state index contributed by atoms with van der Waals surface area (Å²) in [5.74, 6) is 1.27. The molecule has 10 heteroatoms. The highest BCUT2D eigenvalue weighted by atomic mass is 16.2. The molecule has 0 spiro atoms. The summed E-state index contributed by atoms with van der Waals surface area (Å²) in [4.78, 5) is 38.5. The lowest BCUT2D eigenvalue weighted by Gasteiger charge is -2.46. The summed E-state index contributed by atoms with van der Waals surface area (Å²) < 4.78 is 2.00. The van der Waals surface area contributed by atoms with Crippen molar-refractivity contribution in [1.82, 2.24) is 19.3 Å². The number of anilines is 1. The Morgan fingerprint density at radius 1 is 1.00 bits per heavy atom. The van der Waals surface area contributed by atoms with E-state index >= 15 is 0 Å². The molecule has 3 N–H and O–H groups in total. The maximum Gasteiger partial charge on any atom is 0.376 e. The molecule has 0 radical (unpaired) electrons. The number of nitrogens with two attached hydrogens (primary N) is 1. The van der Waals surface area contributed by atoms with E-state index in [2.05, 4.69) is 14.6 Å². The van der Waals surface area contributed by atoms with Crippen LogP contribution in [0.25, 0.3) is 11.0 Å². The molecule has 1 aliphatic carbocycles. The number of piperidine rings is 1. The fraction of sp³-hybridized carbons (Fsp3) is 0.690. The number of likely N-dealkylation sites (tertiary alicyclic amines) is 1. The fourth-order valence-electron chi connectivity index (χ4n) is 7.98. The Bertz CT molecular complexity index is 1240. The molecule has 2 aromatic rings. The average molecular weight is 535 g/mol. The number of hydrogen-bond donors (Lipinski definition) is 2. The van der Waals surface area contributed by atoms with Crippen LogP contribution in [0.5, 0.6) is 0 Å². The molecule has 1 aromatic carbocycles. The molecule has 6 rings (SSSR count). The molecule has 1 saturated carbocycles. The third-order valence-corrected chi connectivity index (χ3v) is 10.2. The second-order valence-corrected chi connectivity index (χ2v) is 12.5. The zero-order valence-electron chi connectivity index (χ0n) is 23.3. The van der Waals surface area contributed by atoms with Gasteiger partial charge in [0.25, 0.3) is 5.56 Å². The molecule has 39 heavy (non-hydrogen) atoms. The molecule has 0 bridgehead atoms. The van der Waals surface area contributed by atoms with Crippen LogP contribution in [-0.2, 0) is 4.79 Å². The molecule has 1 amide bonds. The summed E-state index contributed by atoms with van der Waals surface area (Å²) in [5.41, 5.74) is 7.28. The van der Waals surface area contributed by atoms with E-state index in [-0.39, 0.29) is 17.5 Å². The van der Waals surface area contributed by atoms with E-state index in [0.717, 1.165) is 88.8 Å². The summed E-state index contributed by atoms with van der Waals surface area (Å²) in [7, 11) is -0.429. The molecule has 4 aliphatic rings. The van der Waals surface area contributed by atoms with Crippen LogP contribution in [0.3, 0.4) is 0 Å². The minimum absolute atomic E-state index is 0.00456. The van der Waals surface area contributed by atoms with Gasteiger partial charge in [0, 0.05) is 32.2 Å². The van der Waals surface area contributed by atoms with Gasteiger partial charge in [-0.2, -0.15) is 0 Å². The number of carbonyl (C=O) groups is 1. The van der Waals surface area contributed by atoms with Gasteiger partial charge in [-0.3, -0.25) is 14.5 Å². The number of aromatic nitrogens is 2. The minimum atomic E-state index is -0.547. The number of hydrogen-bond acceptors (Lipinski definition) is 7. The van der Waals surface area contributed by atoms with Crippen molar-refractivity contribution in [3.05, 3.63) is 34.6 Å². The predicted molar refractivity (Wildman–Crippen MR) is 155 cm³/mol. The van der Waals surface area contributed by atoms with E-state index in [4.69, 9.17) is 10.7 Å². The van der Waals surface area contributed by atoms with Crippen LogP contribution in [0.2, 0.25) is 6.82 Å². The van der Waals surface area contributed by atoms with Gasteiger partial charge in [-0.1, -0.05) is 44.2 Å². The second-order valence-electron chi connectivity index (χ2n) is 12.5. The molecule has 3 aliphatic heterocycles. The van der Waals surface area contributed by atoms with Gasteiger partial charge in [0.05, 0.1) is 11.0 Å². The first-order valence-corrected chi connectivity index (χ1v) is 15.1. The molecule has 210 valence electrons. The molecule has 4 heterocycles. The largest absolute Gasteiger partial charge is 0.437 e. The van der Waals surface area contributed by atoms with Gasteiger partial charge >= 0.3 is 7.05 Å². The summed E-state index contributed by atoms with van der Waals surface area (Å²) in [6.45, 7) is 6.70. The highest BCUT2D eigenvalue weighted by molar-refractivity contribution is 6.45. The first-order chi connectivity index (χ1) is 18.9. The van der Waals surface area contributed by atoms with Crippen LogP contribution in [0.15, 0.2) is 29.1 Å². The number of fused-ring (bicyclic) bond motifs is 2. The molecule has 2 unspecified atom stereocenters. The third kappa shape index (κ3) is 4.89. The van der Waals surface area contributed by atoms with Gasteiger partial charge in [-0.05, 0) is 69.6 Å². The average Bonchev–Trinajstić information content (AvgIpc) is 3.49. The van der Waals surface area contributed by atoms with Crippen molar-refractivity contribution in [2.75, 3.05) is 44.2 Å². The zero-order valence-corrected chi connectivity index (χ0v) is 23.3. The van der Waals surface area contributed by atoms with Gasteiger partial charge in [-0.25, -0.2) is 4.98 Å². The Kier molecular flexibility index (Phi) is 7.46. The van der Waals surface area contributed by atoms with E-state index in [1.165, 1.54) is 19.3 Å². The van der Waals surface area contributed by atoms with Crippen molar-refractivity contribution in [2.24, 2.45) is 17.6 Å². The predicted octanol–water partition coefficient (Wildman–Crippen LogP) is 2.48. The molecule has 2 atom stereocenters. The second kappa shape index (κ2) is 10.9. The number of carbonyl (C=O) groups excluding carboxylic acids is 1. The van der Waals surface area contributed by atoms with E-state index in [9.17, 15) is 14.6 Å². The van der Waals surface area contributed by atoms with Crippen LogP contribution >= 0.6 is 0 Å². The van der Waals surface area contributed by atoms with Crippen molar-refractivity contribution in [3.8, 4) is 0 Å². The lowest BCUT2D eigenvalue weighted by Crippen LogP contribution is -2.60. The quantitative estimate of drug-likeness (QED) is 0.568. The zero-order chi connectivity index (χ0) is 27.1. The standard InChI is InChI=1S/C29H43BN6O3/c1-30(39)35-19-21-17-33(18-22(21)20-35)26-27(37)36(25-10-6-5-9-24(25)32-26)23-11-15-34(16-12-23)29(28(31)38)13-7-3-2-4-8-14-29/h5-6,9-10,21-23,39H,2-4,7-8,11-20H2,1H3,(H2,31,38). The molecular weight excluding hydrogens is 491 g/mol. The van der Waals surface area contributed by atoms with Gasteiger partial charge < -0.3 is 25.0 Å². The Morgan fingerprint density at radius 3 is 2.23 bits per heavy atom. The number of para-hydroxylation sites is 2. The smallest absolute Gasteiger partial charge is 0.376 e. The molecular formula is C29H43BN6O3. The molecule has 1 aromatic heterocycles. The van der Waals surface area contributed by atoms with Gasteiger partial charge in [0.15, 0.2) is 5.82 Å². The van der Waals surface area contributed by atoms with Crippen molar-refractivity contribution >= 4 is 29.8 Å². The van der Waals surface area contributed by atoms with Crippen molar-refractivity contribution in [3.63, 3.8) is 0 Å². The van der Waals surface area contributed by atoms with E-state index < -0.39 is 12.6 Å². The maximum absolute atomic E-state index is 14.1. The Morgan fingerprint density at radius 2 is 1.62 bits per heavy atom. The molecule has 3 saturated heterocycles. The van der Waals surface area contributed by atoms with Crippen molar-refractivity contribution in [1.29, 1.82) is 0 Å². The summed E-state index contributed by atoms with van der Waals surface area (Å²) in [6.07, 6.45) is 9.01. The topological polar surface area (TPSA) is 108 Å². The highest BCUT2D eigenvalue weighted by Gasteiger charge is 2.45. The molecule has 9 nitrogen and oxygen atoms in total. The number of primary amides is 1. The third-order valence-electron chi connectivity index (χ3n) is 10.2. The van der Waals surface area contributed by atoms with E-state index in [1.54, 1.807) is 0 Å². The Balaban J connectivity index is 1.26. The van der Waals surface area contributed by atoms with Gasteiger partial charge in [0.2, 0.25) is 5.91 Å². The van der Waals surface area contributed by atoms with Crippen LogP contribution in [0.1, 0.15) is 63.8 Å². The Labute approximate surface area is 231 Å². The normalized spacial score (nSPS) is 26.9. The minimum Gasteiger partial charge on any atom is -0.437 e. The summed E-state index contributed by atoms with van der Waals surface area (Å²) >= 11 is 0. The number of amides is 1. The van der Waals surface area contributed by atoms with Crippen LogP contribution in [-0.4, -0.2) is 82.1 Å². The van der Waals surface area contributed by atoms with Gasteiger partial charge in [0.1, 0.15) is 5.54 Å².